The molecule has 0 aliphatic heterocycles. The van der Waals surface area contributed by atoms with Crippen LogP contribution in [0.3, 0.4) is 0 Å². The van der Waals surface area contributed by atoms with E-state index in [9.17, 15) is 13.2 Å². The normalized spacial score (nSPS) is 14.1. The van der Waals surface area contributed by atoms with Crippen molar-refractivity contribution in [3.8, 4) is 5.75 Å². The summed E-state index contributed by atoms with van der Waals surface area (Å²) in [5.74, 6) is 0.640. The zero-order valence-electron chi connectivity index (χ0n) is 20.1. The van der Waals surface area contributed by atoms with Gasteiger partial charge >= 0.3 is 0 Å². The number of pyridine rings is 1. The van der Waals surface area contributed by atoms with Crippen LogP contribution in [0.5, 0.6) is 5.75 Å². The third-order valence-corrected chi connectivity index (χ3v) is 7.56. The molecule has 1 N–H and O–H groups in total. The lowest BCUT2D eigenvalue weighted by Crippen LogP contribution is -2.24. The molecule has 0 atom stereocenters. The lowest BCUT2D eigenvalue weighted by atomic mass is 9.99. The number of hydrogen-bond donors (Lipinski definition) is 1. The number of nitrogens with zero attached hydrogens (tertiary/aromatic N) is 1. The van der Waals surface area contributed by atoms with Crippen LogP contribution in [-0.2, 0) is 22.8 Å². The Bertz CT molecular complexity index is 1590. The van der Waals surface area contributed by atoms with Gasteiger partial charge in [-0.1, -0.05) is 42.5 Å². The molecule has 0 saturated carbocycles. The molecule has 1 heterocycles. The lowest BCUT2D eigenvalue weighted by molar-refractivity contribution is 0.0951. The minimum Gasteiger partial charge on any atom is -0.497 e. The van der Waals surface area contributed by atoms with Gasteiger partial charge in [0.15, 0.2) is 9.84 Å². The zero-order chi connectivity index (χ0) is 25.3. The number of hydrogen-bond acceptors (Lipinski definition) is 5. The topological polar surface area (TPSA) is 85.4 Å². The van der Waals surface area contributed by atoms with Crippen molar-refractivity contribution in [2.24, 2.45) is 0 Å². The summed E-state index contributed by atoms with van der Waals surface area (Å²) in [4.78, 5) is 18.7. The van der Waals surface area contributed by atoms with E-state index in [1.165, 1.54) is 6.26 Å². The number of para-hydroxylation sites is 1. The van der Waals surface area contributed by atoms with Crippen LogP contribution in [0.15, 0.2) is 77.7 Å². The van der Waals surface area contributed by atoms with E-state index < -0.39 is 9.84 Å². The fraction of sp³-hybridized carbons (Fsp3) is 0.172. The maximum Gasteiger partial charge on any atom is 0.252 e. The van der Waals surface area contributed by atoms with E-state index in [0.29, 0.717) is 12.1 Å². The van der Waals surface area contributed by atoms with Crippen molar-refractivity contribution in [1.82, 2.24) is 10.3 Å². The number of benzene rings is 3. The number of fused-ring (bicyclic) bond motifs is 2. The van der Waals surface area contributed by atoms with Crippen LogP contribution in [0.4, 0.5) is 0 Å². The lowest BCUT2D eigenvalue weighted by Gasteiger charge is -2.13. The first-order valence-corrected chi connectivity index (χ1v) is 13.6. The summed E-state index contributed by atoms with van der Waals surface area (Å²) in [6, 6.07) is 22.1. The van der Waals surface area contributed by atoms with Crippen LogP contribution < -0.4 is 10.1 Å². The van der Waals surface area contributed by atoms with E-state index in [0.717, 1.165) is 57.5 Å². The molecule has 182 valence electrons. The molecule has 0 saturated heterocycles. The summed E-state index contributed by atoms with van der Waals surface area (Å²) in [6.07, 6.45) is 4.84. The predicted molar refractivity (Wildman–Crippen MR) is 142 cm³/mol. The molecule has 0 spiro atoms. The van der Waals surface area contributed by atoms with Gasteiger partial charge < -0.3 is 10.1 Å². The average molecular weight is 499 g/mol. The minimum absolute atomic E-state index is 0.164. The highest BCUT2D eigenvalue weighted by Crippen LogP contribution is 2.37. The molecule has 0 radical (unpaired) electrons. The number of methoxy groups -OCH3 is 1. The van der Waals surface area contributed by atoms with Gasteiger partial charge in [-0.15, -0.1) is 0 Å². The summed E-state index contributed by atoms with van der Waals surface area (Å²) in [5, 5.41) is 3.85. The second-order valence-electron chi connectivity index (χ2n) is 8.87. The Morgan fingerprint density at radius 2 is 1.72 bits per heavy atom. The van der Waals surface area contributed by atoms with Gasteiger partial charge in [0, 0.05) is 18.2 Å². The number of aromatic nitrogens is 1. The molecule has 3 aromatic carbocycles. The monoisotopic (exact) mass is 498 g/mol. The van der Waals surface area contributed by atoms with E-state index in [-0.39, 0.29) is 10.8 Å². The molecular weight excluding hydrogens is 472 g/mol. The fourth-order valence-corrected chi connectivity index (χ4v) is 5.20. The SMILES string of the molecule is COc1ccc(C=C2CCc3c2nc2ccccc2c3C(=O)NCc2ccc(S(C)(=O)=O)cc2)cc1. The van der Waals surface area contributed by atoms with Crippen LogP contribution in [0.1, 0.15) is 39.2 Å². The summed E-state index contributed by atoms with van der Waals surface area (Å²) in [5.41, 5.74) is 6.24. The molecule has 1 amide bonds. The molecule has 1 aromatic heterocycles. The zero-order valence-corrected chi connectivity index (χ0v) is 20.9. The molecule has 36 heavy (non-hydrogen) atoms. The van der Waals surface area contributed by atoms with Crippen LogP contribution in [0.25, 0.3) is 22.6 Å². The second kappa shape index (κ2) is 9.59. The van der Waals surface area contributed by atoms with Gasteiger partial charge in [-0.05, 0) is 71.5 Å². The third-order valence-electron chi connectivity index (χ3n) is 6.43. The molecule has 6 nitrogen and oxygen atoms in total. The van der Waals surface area contributed by atoms with Crippen molar-refractivity contribution >= 4 is 38.3 Å². The van der Waals surface area contributed by atoms with Crippen LogP contribution in [0, 0.1) is 0 Å². The molecule has 1 aliphatic rings. The van der Waals surface area contributed by atoms with Gasteiger partial charge in [-0.25, -0.2) is 13.4 Å². The summed E-state index contributed by atoms with van der Waals surface area (Å²) < 4.78 is 28.7. The number of nitrogens with one attached hydrogen (secondary N) is 1. The fourth-order valence-electron chi connectivity index (χ4n) is 4.56. The smallest absolute Gasteiger partial charge is 0.252 e. The van der Waals surface area contributed by atoms with Crippen LogP contribution in [-0.4, -0.2) is 32.7 Å². The highest BCUT2D eigenvalue weighted by molar-refractivity contribution is 7.90. The highest BCUT2D eigenvalue weighted by atomic mass is 32.2. The Kier molecular flexibility index (Phi) is 6.33. The summed E-state index contributed by atoms with van der Waals surface area (Å²) in [6.45, 7) is 0.294. The van der Waals surface area contributed by atoms with Crippen molar-refractivity contribution < 1.29 is 17.9 Å². The van der Waals surface area contributed by atoms with Crippen molar-refractivity contribution in [1.29, 1.82) is 0 Å². The number of allylic oxidation sites excluding steroid dienone is 1. The number of amides is 1. The molecule has 0 fully saturated rings. The number of sulfone groups is 1. The largest absolute Gasteiger partial charge is 0.497 e. The average Bonchev–Trinajstić information content (AvgIpc) is 3.27. The number of rotatable bonds is 6. The number of carbonyl (C=O) groups excluding carboxylic acids is 1. The van der Waals surface area contributed by atoms with Crippen molar-refractivity contribution in [3.05, 3.63) is 101 Å². The Labute approximate surface area is 210 Å². The van der Waals surface area contributed by atoms with E-state index >= 15 is 0 Å². The third kappa shape index (κ3) is 4.75. The van der Waals surface area contributed by atoms with Crippen LogP contribution >= 0.6 is 0 Å². The van der Waals surface area contributed by atoms with E-state index in [2.05, 4.69) is 11.4 Å². The predicted octanol–water partition coefficient (Wildman–Crippen LogP) is 5.06. The maximum absolute atomic E-state index is 13.5. The number of ether oxygens (including phenoxy) is 1. The van der Waals surface area contributed by atoms with Gasteiger partial charge in [0.05, 0.1) is 28.8 Å². The standard InChI is InChI=1S/C29H26N2O4S/c1-35-22-12-7-19(8-13-22)17-21-11-16-25-27(24-5-3-4-6-26(24)31-28(21)25)29(32)30-18-20-9-14-23(15-10-20)36(2,33)34/h3-10,12-15,17H,11,16,18H2,1-2H3,(H,30,32). The molecular formula is C29H26N2O4S. The summed E-state index contributed by atoms with van der Waals surface area (Å²) in [7, 11) is -1.62. The van der Waals surface area contributed by atoms with Crippen molar-refractivity contribution in [3.63, 3.8) is 0 Å². The molecule has 7 heteroatoms. The first kappa shape index (κ1) is 23.8. The Hall–Kier alpha value is -3.97. The minimum atomic E-state index is -3.26. The molecule has 5 rings (SSSR count). The first-order chi connectivity index (χ1) is 17.3. The van der Waals surface area contributed by atoms with Gasteiger partial charge in [-0.3, -0.25) is 4.79 Å². The molecule has 0 bridgehead atoms. The molecule has 4 aromatic rings. The van der Waals surface area contributed by atoms with E-state index in [1.54, 1.807) is 31.4 Å². The first-order valence-electron chi connectivity index (χ1n) is 11.7. The van der Waals surface area contributed by atoms with E-state index in [4.69, 9.17) is 9.72 Å². The Morgan fingerprint density at radius 3 is 2.42 bits per heavy atom. The van der Waals surface area contributed by atoms with Gasteiger partial charge in [0.1, 0.15) is 5.75 Å². The highest BCUT2D eigenvalue weighted by Gasteiger charge is 2.26. The van der Waals surface area contributed by atoms with E-state index in [1.807, 2.05) is 48.5 Å². The summed E-state index contributed by atoms with van der Waals surface area (Å²) >= 11 is 0. The van der Waals surface area contributed by atoms with Crippen molar-refractivity contribution in [2.75, 3.05) is 13.4 Å². The Morgan fingerprint density at radius 1 is 1.00 bits per heavy atom. The maximum atomic E-state index is 13.5. The van der Waals surface area contributed by atoms with Gasteiger partial charge in [0.2, 0.25) is 0 Å². The van der Waals surface area contributed by atoms with Crippen LogP contribution in [0.2, 0.25) is 0 Å². The second-order valence-corrected chi connectivity index (χ2v) is 10.9. The quantitative estimate of drug-likeness (QED) is 0.402. The van der Waals surface area contributed by atoms with Crippen molar-refractivity contribution in [2.45, 2.75) is 24.3 Å². The molecule has 1 aliphatic carbocycles. The molecule has 0 unspecified atom stereocenters. The van der Waals surface area contributed by atoms with Gasteiger partial charge in [-0.2, -0.15) is 0 Å². The number of carbonyl (C=O) groups is 1. The van der Waals surface area contributed by atoms with Gasteiger partial charge in [0.25, 0.3) is 5.91 Å². The Balaban J connectivity index is 1.47.